The van der Waals surface area contributed by atoms with Gasteiger partial charge in [0.2, 0.25) is 0 Å². The Balaban J connectivity index is 1.50. The van der Waals surface area contributed by atoms with Gasteiger partial charge in [-0.25, -0.2) is 4.79 Å². The van der Waals surface area contributed by atoms with Crippen LogP contribution < -0.4 is 16.0 Å². The molecule has 2 heterocycles. The number of carbonyl (C=O) groups excluding carboxylic acids is 1. The van der Waals surface area contributed by atoms with Crippen molar-refractivity contribution in [3.63, 3.8) is 0 Å². The van der Waals surface area contributed by atoms with Crippen molar-refractivity contribution in [3.8, 4) is 0 Å². The standard InChI is InChI=1S/C20H27N5OS/c1-15-8-9-18(27-15)14-23-19(21-2)22-13-16-6-5-7-17(12-16)24-20(26)25-10-3-4-11-25/h5-9,12H,3-4,10-11,13-14H2,1-2H3,(H,24,26)(H2,21,22,23). The number of nitrogens with zero attached hydrogens (tertiary/aromatic N) is 2. The molecule has 6 nitrogen and oxygen atoms in total. The van der Waals surface area contributed by atoms with E-state index in [1.165, 1.54) is 9.75 Å². The summed E-state index contributed by atoms with van der Waals surface area (Å²) in [6.45, 7) is 5.19. The summed E-state index contributed by atoms with van der Waals surface area (Å²) in [5.74, 6) is 0.757. The van der Waals surface area contributed by atoms with E-state index in [0.717, 1.165) is 49.7 Å². The number of benzene rings is 1. The van der Waals surface area contributed by atoms with Crippen molar-refractivity contribution in [2.75, 3.05) is 25.5 Å². The van der Waals surface area contributed by atoms with Crippen LogP contribution in [0.3, 0.4) is 0 Å². The van der Waals surface area contributed by atoms with E-state index in [2.05, 4.69) is 40.0 Å². The van der Waals surface area contributed by atoms with Gasteiger partial charge in [0, 0.05) is 42.1 Å². The fourth-order valence-corrected chi connectivity index (χ4v) is 3.87. The number of aryl methyl sites for hydroxylation is 1. The zero-order chi connectivity index (χ0) is 19.1. The first-order chi connectivity index (χ1) is 13.1. The topological polar surface area (TPSA) is 68.8 Å². The lowest BCUT2D eigenvalue weighted by molar-refractivity contribution is 0.222. The average molecular weight is 386 g/mol. The second-order valence-corrected chi connectivity index (χ2v) is 7.99. The van der Waals surface area contributed by atoms with Gasteiger partial charge in [-0.3, -0.25) is 4.99 Å². The number of likely N-dealkylation sites (tertiary alicyclic amines) is 1. The maximum atomic E-state index is 12.2. The number of rotatable bonds is 5. The Bertz CT molecular complexity index is 795. The fourth-order valence-electron chi connectivity index (χ4n) is 3.04. The number of urea groups is 1. The highest BCUT2D eigenvalue weighted by Gasteiger charge is 2.17. The first kappa shape index (κ1) is 19.2. The SMILES string of the molecule is CN=C(NCc1cccc(NC(=O)N2CCCC2)c1)NCc1ccc(C)s1. The molecule has 3 rings (SSSR count). The lowest BCUT2D eigenvalue weighted by Gasteiger charge is -2.17. The number of amides is 2. The van der Waals surface area contributed by atoms with E-state index >= 15 is 0 Å². The number of carbonyl (C=O) groups is 1. The van der Waals surface area contributed by atoms with Crippen LogP contribution in [0.5, 0.6) is 0 Å². The van der Waals surface area contributed by atoms with Crippen molar-refractivity contribution in [2.24, 2.45) is 4.99 Å². The van der Waals surface area contributed by atoms with Crippen LogP contribution in [0.25, 0.3) is 0 Å². The minimum Gasteiger partial charge on any atom is -0.352 e. The Hall–Kier alpha value is -2.54. The van der Waals surface area contributed by atoms with Gasteiger partial charge in [0.1, 0.15) is 0 Å². The van der Waals surface area contributed by atoms with E-state index in [-0.39, 0.29) is 6.03 Å². The largest absolute Gasteiger partial charge is 0.352 e. The zero-order valence-electron chi connectivity index (χ0n) is 15.9. The summed E-state index contributed by atoms with van der Waals surface area (Å²) >= 11 is 1.78. The average Bonchev–Trinajstić information content (AvgIpc) is 3.34. The number of hydrogen-bond donors (Lipinski definition) is 3. The van der Waals surface area contributed by atoms with Crippen molar-refractivity contribution in [3.05, 3.63) is 51.7 Å². The Morgan fingerprint density at radius 1 is 1.15 bits per heavy atom. The zero-order valence-corrected chi connectivity index (χ0v) is 16.7. The predicted octanol–water partition coefficient (Wildman–Crippen LogP) is 3.55. The number of hydrogen-bond acceptors (Lipinski definition) is 3. The van der Waals surface area contributed by atoms with Crippen LogP contribution in [0.2, 0.25) is 0 Å². The van der Waals surface area contributed by atoms with Crippen molar-refractivity contribution < 1.29 is 4.79 Å². The molecular formula is C20H27N5OS. The third-order valence-electron chi connectivity index (χ3n) is 4.48. The first-order valence-electron chi connectivity index (χ1n) is 9.29. The van der Waals surface area contributed by atoms with E-state index in [0.29, 0.717) is 6.54 Å². The quantitative estimate of drug-likeness (QED) is 0.545. The van der Waals surface area contributed by atoms with Gasteiger partial charge in [0.25, 0.3) is 0 Å². The van der Waals surface area contributed by atoms with Gasteiger partial charge < -0.3 is 20.9 Å². The highest BCUT2D eigenvalue weighted by atomic mass is 32.1. The summed E-state index contributed by atoms with van der Waals surface area (Å²) in [6, 6.07) is 12.2. The molecule has 1 aliphatic heterocycles. The predicted molar refractivity (Wildman–Crippen MR) is 112 cm³/mol. The Kier molecular flexibility index (Phi) is 6.70. The van der Waals surface area contributed by atoms with Gasteiger partial charge in [-0.2, -0.15) is 0 Å². The lowest BCUT2D eigenvalue weighted by Crippen LogP contribution is -2.36. The van der Waals surface area contributed by atoms with Crippen molar-refractivity contribution in [1.82, 2.24) is 15.5 Å². The molecule has 1 aromatic carbocycles. The molecule has 0 bridgehead atoms. The highest BCUT2D eigenvalue weighted by molar-refractivity contribution is 7.11. The molecule has 0 atom stereocenters. The molecule has 0 aliphatic carbocycles. The van der Waals surface area contributed by atoms with Crippen LogP contribution in [0.15, 0.2) is 41.4 Å². The van der Waals surface area contributed by atoms with Crippen LogP contribution in [0.4, 0.5) is 10.5 Å². The summed E-state index contributed by atoms with van der Waals surface area (Å²) in [5, 5.41) is 9.63. The fraction of sp³-hybridized carbons (Fsp3) is 0.400. The molecule has 144 valence electrons. The number of guanidine groups is 1. The smallest absolute Gasteiger partial charge is 0.321 e. The number of aliphatic imine (C=N–C) groups is 1. The number of nitrogens with one attached hydrogen (secondary N) is 3. The first-order valence-corrected chi connectivity index (χ1v) is 10.1. The van der Waals surface area contributed by atoms with Crippen LogP contribution in [-0.2, 0) is 13.1 Å². The monoisotopic (exact) mass is 385 g/mol. The van der Waals surface area contributed by atoms with E-state index in [4.69, 9.17) is 0 Å². The van der Waals surface area contributed by atoms with E-state index in [9.17, 15) is 4.79 Å². The highest BCUT2D eigenvalue weighted by Crippen LogP contribution is 2.15. The third kappa shape index (κ3) is 5.72. The van der Waals surface area contributed by atoms with Gasteiger partial charge >= 0.3 is 6.03 Å². The molecule has 0 spiro atoms. The second-order valence-electron chi connectivity index (χ2n) is 6.62. The lowest BCUT2D eigenvalue weighted by atomic mass is 10.2. The minimum absolute atomic E-state index is 0.0127. The Morgan fingerprint density at radius 3 is 2.63 bits per heavy atom. The molecule has 1 aliphatic rings. The van der Waals surface area contributed by atoms with Crippen molar-refractivity contribution in [1.29, 1.82) is 0 Å². The molecule has 2 aromatic rings. The van der Waals surface area contributed by atoms with Gasteiger partial charge in [0.15, 0.2) is 5.96 Å². The summed E-state index contributed by atoms with van der Waals surface area (Å²) in [4.78, 5) is 21.0. The third-order valence-corrected chi connectivity index (χ3v) is 5.48. The summed E-state index contributed by atoms with van der Waals surface area (Å²) in [6.07, 6.45) is 2.18. The molecule has 27 heavy (non-hydrogen) atoms. The molecule has 0 unspecified atom stereocenters. The van der Waals surface area contributed by atoms with Crippen molar-refractivity contribution in [2.45, 2.75) is 32.9 Å². The maximum Gasteiger partial charge on any atom is 0.321 e. The van der Waals surface area contributed by atoms with E-state index in [1.54, 1.807) is 18.4 Å². The normalized spacial score (nSPS) is 14.3. The molecule has 0 saturated carbocycles. The van der Waals surface area contributed by atoms with Gasteiger partial charge in [0.05, 0.1) is 6.54 Å². The van der Waals surface area contributed by atoms with Crippen LogP contribution >= 0.6 is 11.3 Å². The molecular weight excluding hydrogens is 358 g/mol. The molecule has 7 heteroatoms. The van der Waals surface area contributed by atoms with Crippen molar-refractivity contribution >= 4 is 29.0 Å². The minimum atomic E-state index is -0.0127. The summed E-state index contributed by atoms with van der Waals surface area (Å²) in [7, 11) is 1.77. The number of thiophene rings is 1. The molecule has 2 amide bonds. The molecule has 3 N–H and O–H groups in total. The van der Waals surface area contributed by atoms with E-state index in [1.807, 2.05) is 29.2 Å². The Morgan fingerprint density at radius 2 is 1.93 bits per heavy atom. The van der Waals surface area contributed by atoms with Gasteiger partial charge in [-0.15, -0.1) is 11.3 Å². The van der Waals surface area contributed by atoms with Crippen LogP contribution in [0.1, 0.15) is 28.2 Å². The van der Waals surface area contributed by atoms with Crippen LogP contribution in [0, 0.1) is 6.92 Å². The molecule has 0 radical (unpaired) electrons. The van der Waals surface area contributed by atoms with E-state index < -0.39 is 0 Å². The van der Waals surface area contributed by atoms with Crippen LogP contribution in [-0.4, -0.2) is 37.0 Å². The number of anilines is 1. The molecule has 1 saturated heterocycles. The summed E-state index contributed by atoms with van der Waals surface area (Å²) in [5.41, 5.74) is 1.91. The maximum absolute atomic E-state index is 12.2. The second kappa shape index (κ2) is 9.41. The molecule has 1 fully saturated rings. The molecule has 1 aromatic heterocycles. The van der Waals surface area contributed by atoms with Gasteiger partial charge in [-0.05, 0) is 49.6 Å². The van der Waals surface area contributed by atoms with Gasteiger partial charge in [-0.1, -0.05) is 12.1 Å². The Labute approximate surface area is 164 Å². The summed E-state index contributed by atoms with van der Waals surface area (Å²) < 4.78 is 0.